The lowest BCUT2D eigenvalue weighted by Gasteiger charge is -1.91. The lowest BCUT2D eigenvalue weighted by Crippen LogP contribution is -1.94. The lowest BCUT2D eigenvalue weighted by atomic mass is 10.3. The van der Waals surface area contributed by atoms with E-state index in [9.17, 15) is 0 Å². The molecule has 0 aliphatic heterocycles. The molecule has 2 N–H and O–H groups in total. The number of aliphatic hydroxyl groups excluding tert-OH is 2. The number of aliphatic hydroxyl groups is 2. The number of hydrogen-bond donors (Lipinski definition) is 2. The molecule has 1 rings (SSSR count). The Balaban J connectivity index is -0.000000117. The van der Waals surface area contributed by atoms with Crippen LogP contribution in [0.4, 0.5) is 0 Å². The second-order valence-electron chi connectivity index (χ2n) is 1.94. The second kappa shape index (κ2) is 22.4. The van der Waals surface area contributed by atoms with E-state index in [1.54, 1.807) is 0 Å². The molecule has 0 amide bonds. The van der Waals surface area contributed by atoms with Crippen LogP contribution < -0.4 is 0 Å². The average Bonchev–Trinajstić information content (AvgIpc) is 2.66. The predicted molar refractivity (Wildman–Crippen MR) is 55.3 cm³/mol. The monoisotopic (exact) mass is 178 g/mol. The number of hydrogen-bond acceptors (Lipinski definition) is 2. The summed E-state index contributed by atoms with van der Waals surface area (Å²) in [5.41, 5.74) is 0. The van der Waals surface area contributed by atoms with Gasteiger partial charge in [0, 0.05) is 7.11 Å². The molecule has 1 aliphatic carbocycles. The van der Waals surface area contributed by atoms with Gasteiger partial charge >= 0.3 is 0 Å². The van der Waals surface area contributed by atoms with Gasteiger partial charge in [0.25, 0.3) is 0 Å². The molecule has 0 bridgehead atoms. The molecule has 78 valence electrons. The summed E-state index contributed by atoms with van der Waals surface area (Å²) in [4.78, 5) is 0. The summed E-state index contributed by atoms with van der Waals surface area (Å²) in [6, 6.07) is 0. The van der Waals surface area contributed by atoms with Crippen LogP contribution in [0.15, 0.2) is 0 Å². The summed E-state index contributed by atoms with van der Waals surface area (Å²) in [6.45, 7) is 8.00. The topological polar surface area (TPSA) is 40.5 Å². The van der Waals surface area contributed by atoms with Gasteiger partial charge in [-0.1, -0.05) is 40.5 Å². The van der Waals surface area contributed by atoms with Gasteiger partial charge in [-0.05, 0) is 12.8 Å². The second-order valence-corrected chi connectivity index (χ2v) is 1.94. The van der Waals surface area contributed by atoms with Crippen LogP contribution in [-0.2, 0) is 0 Å². The minimum atomic E-state index is 0.0463. The fourth-order valence-corrected chi connectivity index (χ4v) is 0.904. The van der Waals surface area contributed by atoms with E-state index in [4.69, 9.17) is 10.2 Å². The molecule has 0 unspecified atom stereocenters. The fraction of sp³-hybridized carbons (Fsp3) is 1.00. The molecule has 0 aromatic carbocycles. The van der Waals surface area contributed by atoms with Gasteiger partial charge in [-0.25, -0.2) is 0 Å². The zero-order valence-electron chi connectivity index (χ0n) is 9.30. The van der Waals surface area contributed by atoms with Crippen molar-refractivity contribution in [3.8, 4) is 0 Å². The van der Waals surface area contributed by atoms with Crippen LogP contribution in [0.25, 0.3) is 0 Å². The van der Waals surface area contributed by atoms with Crippen molar-refractivity contribution in [3.63, 3.8) is 0 Å². The van der Waals surface area contributed by atoms with Gasteiger partial charge in [0.05, 0.1) is 6.10 Å². The van der Waals surface area contributed by atoms with Gasteiger partial charge in [0.1, 0.15) is 0 Å². The molecule has 12 heavy (non-hydrogen) atoms. The third kappa shape index (κ3) is 16.5. The molecular weight excluding hydrogens is 152 g/mol. The third-order valence-electron chi connectivity index (χ3n) is 1.32. The van der Waals surface area contributed by atoms with Crippen LogP contribution in [0, 0.1) is 0 Å². The molecule has 1 aliphatic rings. The Labute approximate surface area is 77.6 Å². The summed E-state index contributed by atoms with van der Waals surface area (Å²) >= 11 is 0. The standard InChI is InChI=1S/C5H10O.2C2H6.CH4O/c6-5-3-1-2-4-5;3*1-2/h5-6H,1-4H2;2*1-2H3;2H,1H3. The van der Waals surface area contributed by atoms with Gasteiger partial charge in [0.2, 0.25) is 0 Å². The summed E-state index contributed by atoms with van der Waals surface area (Å²) in [5.74, 6) is 0. The maximum absolute atomic E-state index is 8.73. The van der Waals surface area contributed by atoms with Crippen LogP contribution in [-0.4, -0.2) is 23.4 Å². The van der Waals surface area contributed by atoms with Crippen molar-refractivity contribution in [3.05, 3.63) is 0 Å². The molecule has 0 heterocycles. The Morgan fingerprint density at radius 2 is 1.08 bits per heavy atom. The van der Waals surface area contributed by atoms with Crippen molar-refractivity contribution >= 4 is 0 Å². The Hall–Kier alpha value is -0.0800. The highest BCUT2D eigenvalue weighted by molar-refractivity contribution is 4.63. The Morgan fingerprint density at radius 3 is 1.17 bits per heavy atom. The smallest absolute Gasteiger partial charge is 0.0540 e. The summed E-state index contributed by atoms with van der Waals surface area (Å²) in [5, 5.41) is 15.7. The van der Waals surface area contributed by atoms with Gasteiger partial charge in [-0.15, -0.1) is 0 Å². The van der Waals surface area contributed by atoms with Crippen molar-refractivity contribution in [1.82, 2.24) is 0 Å². The van der Waals surface area contributed by atoms with Crippen LogP contribution in [0.2, 0.25) is 0 Å². The molecule has 0 spiro atoms. The summed E-state index contributed by atoms with van der Waals surface area (Å²) < 4.78 is 0. The Kier molecular flexibility index (Phi) is 33.4. The first-order chi connectivity index (χ1) is 5.89. The van der Waals surface area contributed by atoms with E-state index < -0.39 is 0 Å². The van der Waals surface area contributed by atoms with E-state index in [1.807, 2.05) is 27.7 Å². The highest BCUT2D eigenvalue weighted by Crippen LogP contribution is 2.16. The number of rotatable bonds is 0. The van der Waals surface area contributed by atoms with E-state index in [0.717, 1.165) is 20.0 Å². The minimum Gasteiger partial charge on any atom is -0.400 e. The van der Waals surface area contributed by atoms with E-state index in [1.165, 1.54) is 12.8 Å². The van der Waals surface area contributed by atoms with Gasteiger partial charge in [0.15, 0.2) is 0 Å². The lowest BCUT2D eigenvalue weighted by molar-refractivity contribution is 0.183. The minimum absolute atomic E-state index is 0.0463. The molecule has 0 aromatic heterocycles. The molecule has 1 fully saturated rings. The summed E-state index contributed by atoms with van der Waals surface area (Å²) in [6.07, 6.45) is 4.60. The highest BCUT2D eigenvalue weighted by Gasteiger charge is 2.09. The Morgan fingerprint density at radius 1 is 0.833 bits per heavy atom. The van der Waals surface area contributed by atoms with Crippen LogP contribution in [0.5, 0.6) is 0 Å². The molecular formula is C10H26O2. The normalized spacial score (nSPS) is 14.2. The molecule has 2 nitrogen and oxygen atoms in total. The molecule has 2 heteroatoms. The van der Waals surface area contributed by atoms with Gasteiger partial charge < -0.3 is 10.2 Å². The maximum Gasteiger partial charge on any atom is 0.0540 e. The largest absolute Gasteiger partial charge is 0.400 e. The van der Waals surface area contributed by atoms with Crippen molar-refractivity contribution in [2.45, 2.75) is 59.5 Å². The zero-order chi connectivity index (χ0) is 10.4. The van der Waals surface area contributed by atoms with E-state index >= 15 is 0 Å². The van der Waals surface area contributed by atoms with E-state index in [-0.39, 0.29) is 6.10 Å². The molecule has 0 radical (unpaired) electrons. The van der Waals surface area contributed by atoms with Crippen molar-refractivity contribution in [2.24, 2.45) is 0 Å². The predicted octanol–water partition coefficient (Wildman–Crippen LogP) is 2.58. The maximum atomic E-state index is 8.73. The summed E-state index contributed by atoms with van der Waals surface area (Å²) in [7, 11) is 1.00. The van der Waals surface area contributed by atoms with Crippen LogP contribution in [0.1, 0.15) is 53.4 Å². The van der Waals surface area contributed by atoms with Crippen molar-refractivity contribution < 1.29 is 10.2 Å². The first-order valence-electron chi connectivity index (χ1n) is 5.02. The first kappa shape index (κ1) is 17.9. The van der Waals surface area contributed by atoms with Gasteiger partial charge in [-0.3, -0.25) is 0 Å². The zero-order valence-corrected chi connectivity index (χ0v) is 9.30. The molecule has 0 atom stereocenters. The fourth-order valence-electron chi connectivity index (χ4n) is 0.904. The SMILES string of the molecule is CC.CC.CO.OC1CCCC1. The van der Waals surface area contributed by atoms with Crippen LogP contribution >= 0.6 is 0 Å². The molecule has 1 saturated carbocycles. The first-order valence-corrected chi connectivity index (χ1v) is 5.02. The molecule has 0 aromatic rings. The highest BCUT2D eigenvalue weighted by atomic mass is 16.3. The third-order valence-corrected chi connectivity index (χ3v) is 1.32. The van der Waals surface area contributed by atoms with Gasteiger partial charge in [-0.2, -0.15) is 0 Å². The molecule has 0 saturated heterocycles. The van der Waals surface area contributed by atoms with E-state index in [0.29, 0.717) is 0 Å². The van der Waals surface area contributed by atoms with Crippen molar-refractivity contribution in [2.75, 3.05) is 7.11 Å². The average molecular weight is 178 g/mol. The van der Waals surface area contributed by atoms with Crippen LogP contribution in [0.3, 0.4) is 0 Å². The quantitative estimate of drug-likeness (QED) is 0.598. The van der Waals surface area contributed by atoms with E-state index in [2.05, 4.69) is 0 Å². The Bertz CT molecular complexity index is 41.1. The van der Waals surface area contributed by atoms with Crippen molar-refractivity contribution in [1.29, 1.82) is 0 Å².